The molecule has 10 heteroatoms. The first-order valence-electron chi connectivity index (χ1n) is 11.3. The van der Waals surface area contributed by atoms with Gasteiger partial charge in [0.15, 0.2) is 0 Å². The summed E-state index contributed by atoms with van der Waals surface area (Å²) in [4.78, 5) is 14.1. The van der Waals surface area contributed by atoms with Gasteiger partial charge in [0.2, 0.25) is 5.91 Å². The van der Waals surface area contributed by atoms with Gasteiger partial charge in [0, 0.05) is 31.7 Å². The second-order valence-electron chi connectivity index (χ2n) is 9.82. The van der Waals surface area contributed by atoms with Crippen molar-refractivity contribution >= 4 is 16.0 Å². The highest BCUT2D eigenvalue weighted by atomic mass is 32.2. The number of nitrogens with zero attached hydrogens (tertiary/aromatic N) is 1. The number of ether oxygens (including phenoxy) is 1. The molecular weight excluding hydrogens is 483 g/mol. The Morgan fingerprint density at radius 2 is 1.83 bits per heavy atom. The van der Waals surface area contributed by atoms with E-state index in [1.807, 2.05) is 20.8 Å². The molecule has 0 bridgehead atoms. The van der Waals surface area contributed by atoms with Gasteiger partial charge in [-0.1, -0.05) is 45.0 Å². The molecule has 1 saturated heterocycles. The van der Waals surface area contributed by atoms with Crippen LogP contribution in [-0.2, 0) is 32.4 Å². The summed E-state index contributed by atoms with van der Waals surface area (Å²) in [5.74, 6) is -0.158. The molecule has 0 N–H and O–H groups in total. The van der Waals surface area contributed by atoms with Crippen LogP contribution in [0.1, 0.15) is 51.2 Å². The fraction of sp³-hybridized carbons (Fsp3) is 0.480. The van der Waals surface area contributed by atoms with E-state index in [-0.39, 0.29) is 36.1 Å². The number of rotatable bonds is 8. The largest absolute Gasteiger partial charge is 0.416 e. The maximum Gasteiger partial charge on any atom is 0.416 e. The number of alkyl halides is 3. The van der Waals surface area contributed by atoms with Gasteiger partial charge in [-0.3, -0.25) is 4.79 Å². The second kappa shape index (κ2) is 10.6. The molecule has 1 aliphatic rings. The van der Waals surface area contributed by atoms with Crippen molar-refractivity contribution in [1.82, 2.24) is 4.90 Å². The minimum atomic E-state index is -4.69. The Hall–Kier alpha value is -2.59. The summed E-state index contributed by atoms with van der Waals surface area (Å²) >= 11 is 0. The molecule has 0 radical (unpaired) electrons. The molecule has 35 heavy (non-hydrogen) atoms. The highest BCUT2D eigenvalue weighted by molar-refractivity contribution is 7.87. The Morgan fingerprint density at radius 3 is 2.46 bits per heavy atom. The highest BCUT2D eigenvalue weighted by Crippen LogP contribution is 2.32. The molecule has 0 saturated carbocycles. The maximum atomic E-state index is 13.1. The lowest BCUT2D eigenvalue weighted by Crippen LogP contribution is -2.38. The SMILES string of the molecule is CC(C)(C)CC(=O)N(Cc1ccccc1OS(=O)(=O)c1cccc(C(F)(F)F)c1)C[C@H]1CCCO1. The lowest BCUT2D eigenvalue weighted by Gasteiger charge is -2.29. The van der Waals surface area contributed by atoms with Crippen LogP contribution in [0.3, 0.4) is 0 Å². The fourth-order valence-electron chi connectivity index (χ4n) is 3.77. The van der Waals surface area contributed by atoms with Gasteiger partial charge in [-0.25, -0.2) is 0 Å². The van der Waals surface area contributed by atoms with E-state index in [2.05, 4.69) is 0 Å². The summed E-state index contributed by atoms with van der Waals surface area (Å²) in [6, 6.07) is 9.66. The highest BCUT2D eigenvalue weighted by Gasteiger charge is 2.32. The van der Waals surface area contributed by atoms with Gasteiger partial charge in [0.05, 0.1) is 11.7 Å². The van der Waals surface area contributed by atoms with Crippen molar-refractivity contribution in [3.8, 4) is 5.75 Å². The summed E-state index contributed by atoms with van der Waals surface area (Å²) in [5.41, 5.74) is -0.927. The molecule has 1 atom stereocenters. The summed E-state index contributed by atoms with van der Waals surface area (Å²) in [5, 5.41) is 0. The number of carbonyl (C=O) groups excluding carboxylic acids is 1. The Morgan fingerprint density at radius 1 is 1.11 bits per heavy atom. The number of benzene rings is 2. The van der Waals surface area contributed by atoms with Gasteiger partial charge < -0.3 is 13.8 Å². The molecule has 0 aromatic heterocycles. The molecule has 2 aromatic carbocycles. The van der Waals surface area contributed by atoms with Crippen molar-refractivity contribution in [2.45, 2.75) is 63.8 Å². The van der Waals surface area contributed by atoms with Gasteiger partial charge in [0.1, 0.15) is 10.6 Å². The third kappa shape index (κ3) is 7.70. The molecule has 1 amide bonds. The molecule has 192 valence electrons. The van der Waals surface area contributed by atoms with E-state index in [0.717, 1.165) is 31.0 Å². The third-order valence-electron chi connectivity index (χ3n) is 5.47. The van der Waals surface area contributed by atoms with E-state index in [1.165, 1.54) is 6.07 Å². The Bertz CT molecular complexity index is 1140. The van der Waals surface area contributed by atoms with Crippen LogP contribution >= 0.6 is 0 Å². The van der Waals surface area contributed by atoms with Crippen LogP contribution in [0.5, 0.6) is 5.75 Å². The van der Waals surface area contributed by atoms with Gasteiger partial charge in [0.25, 0.3) is 0 Å². The standard InChI is InChI=1S/C25H30F3NO5S/c1-24(2,3)15-23(30)29(17-20-10-7-13-33-20)16-18-8-4-5-12-22(18)34-35(31,32)21-11-6-9-19(14-21)25(26,27)28/h4-6,8-9,11-12,14,20H,7,10,13,15-17H2,1-3H3/t20-/m1/s1. The number of hydrogen-bond donors (Lipinski definition) is 0. The van der Waals surface area contributed by atoms with Crippen LogP contribution in [0.15, 0.2) is 53.4 Å². The number of para-hydroxylation sites is 1. The fourth-order valence-corrected chi connectivity index (χ4v) is 4.78. The van der Waals surface area contributed by atoms with E-state index >= 15 is 0 Å². The molecule has 1 heterocycles. The molecule has 0 unspecified atom stereocenters. The van der Waals surface area contributed by atoms with Crippen LogP contribution in [0.25, 0.3) is 0 Å². The van der Waals surface area contributed by atoms with E-state index in [0.29, 0.717) is 24.8 Å². The molecule has 3 rings (SSSR count). The van der Waals surface area contributed by atoms with Crippen LogP contribution in [0.4, 0.5) is 13.2 Å². The van der Waals surface area contributed by atoms with Gasteiger partial charge in [-0.2, -0.15) is 21.6 Å². The average Bonchev–Trinajstić information content (AvgIpc) is 3.26. The zero-order chi connectivity index (χ0) is 25.9. The summed E-state index contributed by atoms with van der Waals surface area (Å²) in [7, 11) is -4.55. The smallest absolute Gasteiger partial charge is 0.379 e. The van der Waals surface area contributed by atoms with E-state index in [4.69, 9.17) is 8.92 Å². The Kier molecular flexibility index (Phi) is 8.16. The number of carbonyl (C=O) groups is 1. The van der Waals surface area contributed by atoms with Gasteiger partial charge in [-0.15, -0.1) is 0 Å². The van der Waals surface area contributed by atoms with E-state index < -0.39 is 26.8 Å². The predicted octanol–water partition coefficient (Wildman–Crippen LogP) is 5.42. The molecule has 0 aliphatic carbocycles. The topological polar surface area (TPSA) is 72.9 Å². The minimum Gasteiger partial charge on any atom is -0.379 e. The minimum absolute atomic E-state index is 0.0502. The van der Waals surface area contributed by atoms with E-state index in [9.17, 15) is 26.4 Å². The quantitative estimate of drug-likeness (QED) is 0.441. The molecule has 6 nitrogen and oxygen atoms in total. The molecule has 2 aromatic rings. The summed E-state index contributed by atoms with van der Waals surface area (Å²) in [6.07, 6.45) is -2.80. The Labute approximate surface area is 204 Å². The normalized spacial score (nSPS) is 16.8. The first-order chi connectivity index (χ1) is 16.2. The van der Waals surface area contributed by atoms with Crippen LogP contribution in [0.2, 0.25) is 0 Å². The van der Waals surface area contributed by atoms with Crippen molar-refractivity contribution in [3.05, 3.63) is 59.7 Å². The Balaban J connectivity index is 1.87. The molecule has 1 aliphatic heterocycles. The van der Waals surface area contributed by atoms with Crippen LogP contribution < -0.4 is 4.18 Å². The lowest BCUT2D eigenvalue weighted by atomic mass is 9.91. The predicted molar refractivity (Wildman–Crippen MR) is 124 cm³/mol. The van der Waals surface area contributed by atoms with Crippen molar-refractivity contribution in [2.75, 3.05) is 13.2 Å². The number of amides is 1. The molecule has 1 fully saturated rings. The number of halogens is 3. The van der Waals surface area contributed by atoms with Gasteiger partial charge >= 0.3 is 16.3 Å². The van der Waals surface area contributed by atoms with Crippen molar-refractivity contribution < 1.29 is 35.3 Å². The van der Waals surface area contributed by atoms with E-state index in [1.54, 1.807) is 23.1 Å². The third-order valence-corrected chi connectivity index (χ3v) is 6.70. The monoisotopic (exact) mass is 513 g/mol. The second-order valence-corrected chi connectivity index (χ2v) is 11.4. The van der Waals surface area contributed by atoms with Crippen LogP contribution in [-0.4, -0.2) is 38.5 Å². The maximum absolute atomic E-state index is 13.1. The zero-order valence-corrected chi connectivity index (χ0v) is 20.8. The molecular formula is C25H30F3NO5S. The number of hydrogen-bond acceptors (Lipinski definition) is 5. The van der Waals surface area contributed by atoms with Crippen molar-refractivity contribution in [1.29, 1.82) is 0 Å². The van der Waals surface area contributed by atoms with Gasteiger partial charge in [-0.05, 0) is 42.5 Å². The summed E-state index contributed by atoms with van der Waals surface area (Å²) in [6.45, 7) is 6.91. The first kappa shape index (κ1) is 27.0. The summed E-state index contributed by atoms with van der Waals surface area (Å²) < 4.78 is 75.8. The first-order valence-corrected chi connectivity index (χ1v) is 12.7. The lowest BCUT2D eigenvalue weighted by molar-refractivity contribution is -0.138. The molecule has 0 spiro atoms. The van der Waals surface area contributed by atoms with Crippen LogP contribution in [0, 0.1) is 5.41 Å². The van der Waals surface area contributed by atoms with Crippen molar-refractivity contribution in [3.63, 3.8) is 0 Å². The van der Waals surface area contributed by atoms with Crippen molar-refractivity contribution in [2.24, 2.45) is 5.41 Å². The average molecular weight is 514 g/mol. The zero-order valence-electron chi connectivity index (χ0n) is 20.0.